The van der Waals surface area contributed by atoms with E-state index in [4.69, 9.17) is 55.5 Å². The number of fused-ring (bicyclic) bond motifs is 5. The first-order chi connectivity index (χ1) is 43.5. The molecule has 2 saturated heterocycles. The van der Waals surface area contributed by atoms with Crippen LogP contribution in [0, 0.1) is 71.0 Å². The summed E-state index contributed by atoms with van der Waals surface area (Å²) in [4.78, 5) is 93.5. The summed E-state index contributed by atoms with van der Waals surface area (Å²) in [5.74, 6) is 7.79. The van der Waals surface area contributed by atoms with E-state index in [9.17, 15) is 38.4 Å². The molecule has 4 aliphatic heterocycles. The molecule has 2 aromatic rings. The normalized spacial score (nSPS) is 21.5. The standard InChI is InChI=1S/C21H26N2O8.C20H18O2.C18H24O4.C12H22O3/c24-16-9-10-17(25)22(16)13-5-1-3-7-20(28)30-15-31-21(29)8-4-2-6-14-23-18(26)11-12-19(23)27;1-4-14-21-19-10-6-17(7-11-19)16(3)18-8-12-20(13-9-18)22-15-5-2;1-3-17(19)21-9-11-5-14-12-7-13(10-22-18(20)4-2)15(8-12)16(14)6-11;1-3-11(5-13-6-11)9-15-10-12(4-2)7-14-8-12/h9-12H,1-8,13-15H2;1-2,6-13,16H,14-15H2,3H3;3-4,11-16H,1-2,5-10H2;3-10H2,1-2H3. The zero-order valence-electron chi connectivity index (χ0n) is 52.6. The van der Waals surface area contributed by atoms with Crippen molar-refractivity contribution in [1.29, 1.82) is 0 Å². The molecule has 3 aliphatic carbocycles. The molecular formula is C71H90N2O17. The predicted octanol–water partition coefficient (Wildman–Crippen LogP) is 9.46. The van der Waals surface area contributed by atoms with Gasteiger partial charge in [-0.3, -0.25) is 38.6 Å². The first-order valence-electron chi connectivity index (χ1n) is 31.5. The van der Waals surface area contributed by atoms with Crippen LogP contribution in [0.15, 0.2) is 98.1 Å². The fourth-order valence-corrected chi connectivity index (χ4v) is 12.4. The number of esters is 4. The Hall–Kier alpha value is -7.84. The van der Waals surface area contributed by atoms with E-state index >= 15 is 0 Å². The Morgan fingerprint density at radius 1 is 0.589 bits per heavy atom. The van der Waals surface area contributed by atoms with Gasteiger partial charge in [-0.25, -0.2) is 9.59 Å². The lowest BCUT2D eigenvalue weighted by atomic mass is 9.76. The van der Waals surface area contributed by atoms with Crippen LogP contribution < -0.4 is 9.47 Å². The highest BCUT2D eigenvalue weighted by molar-refractivity contribution is 6.13. The van der Waals surface area contributed by atoms with Crippen molar-refractivity contribution in [3.63, 3.8) is 0 Å². The van der Waals surface area contributed by atoms with Gasteiger partial charge in [-0.1, -0.05) is 82.9 Å². The van der Waals surface area contributed by atoms with E-state index in [1.807, 2.05) is 24.3 Å². The summed E-state index contributed by atoms with van der Waals surface area (Å²) in [6.45, 7) is 20.5. The van der Waals surface area contributed by atoms with Crippen molar-refractivity contribution in [2.24, 2.45) is 46.3 Å². The second-order valence-electron chi connectivity index (χ2n) is 24.1. The van der Waals surface area contributed by atoms with Crippen LogP contribution in [0.25, 0.3) is 0 Å². The maximum absolute atomic E-state index is 11.6. The zero-order valence-corrected chi connectivity index (χ0v) is 52.6. The van der Waals surface area contributed by atoms with Gasteiger partial charge in [0.25, 0.3) is 23.6 Å². The first-order valence-corrected chi connectivity index (χ1v) is 31.5. The van der Waals surface area contributed by atoms with Gasteiger partial charge in [0.15, 0.2) is 0 Å². The summed E-state index contributed by atoms with van der Waals surface area (Å²) >= 11 is 0. The lowest BCUT2D eigenvalue weighted by Crippen LogP contribution is -2.49. The van der Waals surface area contributed by atoms with Gasteiger partial charge in [0.1, 0.15) is 24.7 Å². The molecule has 0 aromatic heterocycles. The maximum atomic E-state index is 11.6. The molecule has 19 nitrogen and oxygen atoms in total. The van der Waals surface area contributed by atoms with E-state index in [1.54, 1.807) is 0 Å². The highest BCUT2D eigenvalue weighted by Gasteiger charge is 2.56. The fourth-order valence-electron chi connectivity index (χ4n) is 12.4. The van der Waals surface area contributed by atoms with Gasteiger partial charge < -0.3 is 42.6 Å². The average Bonchev–Trinajstić information content (AvgIpc) is 1.65. The van der Waals surface area contributed by atoms with E-state index in [-0.39, 0.29) is 67.5 Å². The van der Waals surface area contributed by atoms with Crippen molar-refractivity contribution in [1.82, 2.24) is 9.80 Å². The summed E-state index contributed by atoms with van der Waals surface area (Å²) in [7, 11) is 0. The molecule has 3 saturated carbocycles. The van der Waals surface area contributed by atoms with Gasteiger partial charge in [-0.15, -0.1) is 12.8 Å². The minimum Gasteiger partial charge on any atom is -0.481 e. The minimum absolute atomic E-state index is 0.153. The number of carbonyl (C=O) groups excluding carboxylic acids is 8. The number of amides is 4. The number of ether oxygens (including phenoxy) is 9. The van der Waals surface area contributed by atoms with Gasteiger partial charge in [0.05, 0.1) is 52.9 Å². The molecular weight excluding hydrogens is 1150 g/mol. The van der Waals surface area contributed by atoms with Crippen LogP contribution in [0.1, 0.15) is 128 Å². The molecule has 4 amide bonds. The number of carbonyl (C=O) groups is 8. The highest BCUT2D eigenvalue weighted by atomic mass is 16.7. The van der Waals surface area contributed by atoms with Crippen molar-refractivity contribution < 1.29 is 81.0 Å². The molecule has 9 rings (SSSR count). The molecule has 2 aromatic carbocycles. The second kappa shape index (κ2) is 36.7. The van der Waals surface area contributed by atoms with Crippen molar-refractivity contribution in [3.05, 3.63) is 109 Å². The predicted molar refractivity (Wildman–Crippen MR) is 334 cm³/mol. The number of benzene rings is 2. The molecule has 0 spiro atoms. The summed E-state index contributed by atoms with van der Waals surface area (Å²) in [6.07, 6.45) is 28.7. The van der Waals surface area contributed by atoms with Crippen LogP contribution in [0.2, 0.25) is 0 Å². The Bertz CT molecular complexity index is 2700. The van der Waals surface area contributed by atoms with Gasteiger partial charge in [0.2, 0.25) is 6.79 Å². The number of terminal acetylenes is 2. The summed E-state index contributed by atoms with van der Waals surface area (Å²) in [5.41, 5.74) is 3.06. The van der Waals surface area contributed by atoms with Gasteiger partial charge in [-0.05, 0) is 135 Å². The molecule has 5 fully saturated rings. The molecule has 0 radical (unpaired) electrons. The number of nitrogens with zero attached hydrogens (tertiary/aromatic N) is 2. The quantitative estimate of drug-likeness (QED) is 0.0126. The van der Waals surface area contributed by atoms with Crippen molar-refractivity contribution >= 4 is 47.5 Å². The third-order valence-corrected chi connectivity index (χ3v) is 18.1. The van der Waals surface area contributed by atoms with Crippen LogP contribution in [0.5, 0.6) is 11.5 Å². The van der Waals surface area contributed by atoms with Gasteiger partial charge in [0, 0.05) is 79.1 Å². The van der Waals surface area contributed by atoms with Gasteiger partial charge in [-0.2, -0.15) is 0 Å². The molecule has 2 bridgehead atoms. The van der Waals surface area contributed by atoms with E-state index in [0.29, 0.717) is 93.4 Å². The average molecular weight is 1240 g/mol. The topological polar surface area (TPSA) is 226 Å². The Labute approximate surface area is 530 Å². The smallest absolute Gasteiger partial charge is 0.330 e. The van der Waals surface area contributed by atoms with E-state index in [2.05, 4.69) is 70.0 Å². The van der Waals surface area contributed by atoms with Crippen molar-refractivity contribution in [2.75, 3.05) is 86.0 Å². The summed E-state index contributed by atoms with van der Waals surface area (Å²) < 4.78 is 47.3. The second-order valence-corrected chi connectivity index (χ2v) is 24.1. The SMILES string of the molecule is C#CCOc1ccc(C(C)c2ccc(OCC#C)cc2)cc1.C=CC(=O)OCC1CC2C3CC(COC(=O)C=C)C(C3)C2C1.CCC1(COCC2(CC)COC2)COC1.O=C(CCCCCN1C(=O)C=CC1=O)OCOC(=O)CCCCCN1C(=O)C=CC1=O. The molecule has 0 N–H and O–H groups in total. The molecule has 4 heterocycles. The fraction of sp³-hybridized carbons (Fsp3) is 0.549. The maximum Gasteiger partial charge on any atom is 0.330 e. The van der Waals surface area contributed by atoms with E-state index in [1.165, 1.54) is 66.8 Å². The number of rotatable bonds is 32. The molecule has 486 valence electrons. The summed E-state index contributed by atoms with van der Waals surface area (Å²) in [6, 6.07) is 16.0. The Balaban J connectivity index is 0.000000196. The van der Waals surface area contributed by atoms with E-state index < -0.39 is 18.7 Å². The van der Waals surface area contributed by atoms with Crippen LogP contribution in [0.3, 0.4) is 0 Å². The van der Waals surface area contributed by atoms with E-state index in [0.717, 1.165) is 98.0 Å². The Kier molecular flexibility index (Phi) is 29.1. The largest absolute Gasteiger partial charge is 0.481 e. The Morgan fingerprint density at radius 2 is 1.02 bits per heavy atom. The summed E-state index contributed by atoms with van der Waals surface area (Å²) in [5, 5.41) is 0. The van der Waals surface area contributed by atoms with Crippen LogP contribution in [-0.4, -0.2) is 143 Å². The van der Waals surface area contributed by atoms with Crippen molar-refractivity contribution in [2.45, 2.75) is 117 Å². The lowest BCUT2D eigenvalue weighted by Gasteiger charge is -2.44. The zero-order chi connectivity index (χ0) is 64.9. The number of hydrogen-bond acceptors (Lipinski definition) is 17. The molecule has 6 atom stereocenters. The molecule has 19 heteroatoms. The number of unbranched alkanes of at least 4 members (excludes halogenated alkanes) is 4. The number of hydrogen-bond donors (Lipinski definition) is 0. The third kappa shape index (κ3) is 21.7. The highest BCUT2D eigenvalue weighted by Crippen LogP contribution is 2.62. The Morgan fingerprint density at radius 3 is 1.42 bits per heavy atom. The minimum atomic E-state index is -0.489. The van der Waals surface area contributed by atoms with Gasteiger partial charge >= 0.3 is 23.9 Å². The molecule has 6 unspecified atom stereocenters. The van der Waals surface area contributed by atoms with Crippen LogP contribution in [-0.2, 0) is 71.5 Å². The lowest BCUT2D eigenvalue weighted by molar-refractivity contribution is -0.187. The molecule has 90 heavy (non-hydrogen) atoms. The van der Waals surface area contributed by atoms with Crippen molar-refractivity contribution in [3.8, 4) is 36.2 Å². The molecule has 7 aliphatic rings. The van der Waals surface area contributed by atoms with Crippen LogP contribution in [0.4, 0.5) is 0 Å². The number of imide groups is 2. The first kappa shape index (κ1) is 71.2. The third-order valence-electron chi connectivity index (χ3n) is 18.1. The van der Waals surface area contributed by atoms with Crippen LogP contribution >= 0.6 is 0 Å². The monoisotopic (exact) mass is 1240 g/mol.